The lowest BCUT2D eigenvalue weighted by atomic mass is 9.99. The Labute approximate surface area is 149 Å². The van der Waals surface area contributed by atoms with Crippen molar-refractivity contribution in [2.24, 2.45) is 0 Å². The van der Waals surface area contributed by atoms with Crippen molar-refractivity contribution in [2.45, 2.75) is 0 Å². The number of carbonyl (C=O) groups excluding carboxylic acids is 1. The summed E-state index contributed by atoms with van der Waals surface area (Å²) in [4.78, 5) is 11.6. The first-order valence-corrected chi connectivity index (χ1v) is 7.88. The zero-order valence-electron chi connectivity index (χ0n) is 11.9. The minimum Gasteiger partial charge on any atom is -0.395 e. The molecule has 0 aliphatic heterocycles. The van der Waals surface area contributed by atoms with Gasteiger partial charge < -0.3 is 10.4 Å². The second kappa shape index (κ2) is 8.37. The van der Waals surface area contributed by atoms with E-state index in [1.165, 1.54) is 6.08 Å². The molecule has 1 amide bonds. The van der Waals surface area contributed by atoms with Crippen LogP contribution in [0.5, 0.6) is 0 Å². The number of hydrogen-bond donors (Lipinski definition) is 2. The van der Waals surface area contributed by atoms with Crippen LogP contribution in [0.4, 0.5) is 0 Å². The second-order valence-electron chi connectivity index (χ2n) is 4.59. The lowest BCUT2D eigenvalue weighted by molar-refractivity contribution is -0.116. The highest BCUT2D eigenvalue weighted by molar-refractivity contribution is 6.38. The van der Waals surface area contributed by atoms with Gasteiger partial charge in [0.2, 0.25) is 5.91 Å². The first-order valence-electron chi connectivity index (χ1n) is 6.75. The number of halogens is 3. The molecule has 0 fully saturated rings. The Morgan fingerprint density at radius 1 is 1.26 bits per heavy atom. The number of hydrogen-bond acceptors (Lipinski definition) is 2. The molecule has 0 aromatic heterocycles. The molecular weight excluding hydrogens is 357 g/mol. The molecule has 0 bridgehead atoms. The average Bonchev–Trinajstić information content (AvgIpc) is 2.52. The van der Waals surface area contributed by atoms with Crippen molar-refractivity contribution in [3.05, 3.63) is 63.1 Å². The van der Waals surface area contributed by atoms with E-state index >= 15 is 0 Å². The van der Waals surface area contributed by atoms with Gasteiger partial charge in [-0.3, -0.25) is 4.79 Å². The topological polar surface area (TPSA) is 49.3 Å². The molecule has 0 aliphatic rings. The van der Waals surface area contributed by atoms with E-state index in [9.17, 15) is 4.79 Å². The van der Waals surface area contributed by atoms with Gasteiger partial charge in [0.05, 0.1) is 11.6 Å². The number of aliphatic hydroxyl groups is 1. The molecule has 119 valence electrons. The maximum absolute atomic E-state index is 11.6. The third kappa shape index (κ3) is 4.72. The van der Waals surface area contributed by atoms with E-state index in [4.69, 9.17) is 39.9 Å². The molecule has 0 aliphatic carbocycles. The number of nitrogens with one attached hydrogen (secondary N) is 1. The summed E-state index contributed by atoms with van der Waals surface area (Å²) in [7, 11) is 0. The Kier molecular flexibility index (Phi) is 6.48. The quantitative estimate of drug-likeness (QED) is 0.775. The van der Waals surface area contributed by atoms with Gasteiger partial charge in [0.15, 0.2) is 0 Å². The van der Waals surface area contributed by atoms with Crippen LogP contribution in [0.25, 0.3) is 17.2 Å². The molecule has 0 spiro atoms. The zero-order chi connectivity index (χ0) is 16.8. The number of carbonyl (C=O) groups is 1. The molecule has 0 saturated heterocycles. The second-order valence-corrected chi connectivity index (χ2v) is 5.82. The van der Waals surface area contributed by atoms with E-state index in [0.29, 0.717) is 26.2 Å². The van der Waals surface area contributed by atoms with Crippen LogP contribution in [0.15, 0.2) is 36.4 Å². The highest BCUT2D eigenvalue weighted by Gasteiger charge is 2.12. The molecule has 0 atom stereocenters. The van der Waals surface area contributed by atoms with Crippen molar-refractivity contribution in [1.82, 2.24) is 5.32 Å². The predicted molar refractivity (Wildman–Crippen MR) is 94.9 cm³/mol. The van der Waals surface area contributed by atoms with E-state index in [1.54, 1.807) is 36.4 Å². The van der Waals surface area contributed by atoms with Gasteiger partial charge in [-0.2, -0.15) is 0 Å². The van der Waals surface area contributed by atoms with Crippen LogP contribution < -0.4 is 5.32 Å². The third-order valence-electron chi connectivity index (χ3n) is 3.01. The average molecular weight is 370 g/mol. The monoisotopic (exact) mass is 368 g/mol. The fraction of sp³-hybridized carbons (Fsp3) is 0.118. The molecule has 23 heavy (non-hydrogen) atoms. The van der Waals surface area contributed by atoms with Crippen molar-refractivity contribution < 1.29 is 9.90 Å². The number of rotatable bonds is 5. The van der Waals surface area contributed by atoms with Crippen LogP contribution in [-0.4, -0.2) is 24.2 Å². The molecule has 1 radical (unpaired) electrons. The van der Waals surface area contributed by atoms with E-state index in [0.717, 1.165) is 5.56 Å². The first-order chi connectivity index (χ1) is 11.0. The summed E-state index contributed by atoms with van der Waals surface area (Å²) in [5, 5.41) is 12.6. The van der Waals surface area contributed by atoms with Crippen LogP contribution in [-0.2, 0) is 4.79 Å². The van der Waals surface area contributed by atoms with E-state index in [-0.39, 0.29) is 19.1 Å². The summed E-state index contributed by atoms with van der Waals surface area (Å²) >= 11 is 18.4. The molecule has 0 unspecified atom stereocenters. The zero-order valence-corrected chi connectivity index (χ0v) is 14.2. The molecule has 3 nitrogen and oxygen atoms in total. The van der Waals surface area contributed by atoms with E-state index in [2.05, 4.69) is 11.4 Å². The highest BCUT2D eigenvalue weighted by atomic mass is 35.5. The standard InChI is InChI=1S/C17H13Cl3NO2/c18-12-5-6-13(15(20)10-12)17-11(2-1-3-14(17)19)4-7-16(23)21-8-9-22/h1-2,4-7,10,22H,8-9H2,(H,21,23)/b7-4+. The van der Waals surface area contributed by atoms with Crippen LogP contribution in [0.1, 0.15) is 5.56 Å². The molecule has 0 saturated carbocycles. The highest BCUT2D eigenvalue weighted by Crippen LogP contribution is 2.37. The van der Waals surface area contributed by atoms with Gasteiger partial charge in [-0.05, 0) is 23.8 Å². The Bertz CT molecular complexity index is 745. The summed E-state index contributed by atoms with van der Waals surface area (Å²) in [5.74, 6) is -0.309. The van der Waals surface area contributed by atoms with Gasteiger partial charge in [0.25, 0.3) is 0 Å². The largest absolute Gasteiger partial charge is 0.395 e. The summed E-state index contributed by atoms with van der Waals surface area (Å²) in [6.45, 7) is 0.0830. The third-order valence-corrected chi connectivity index (χ3v) is 3.85. The minimum absolute atomic E-state index is 0.114. The summed E-state index contributed by atoms with van der Waals surface area (Å²) in [5.41, 5.74) is 2.09. The van der Waals surface area contributed by atoms with Gasteiger partial charge >= 0.3 is 0 Å². The van der Waals surface area contributed by atoms with Gasteiger partial charge in [0.1, 0.15) is 0 Å². The van der Waals surface area contributed by atoms with E-state index in [1.807, 2.05) is 0 Å². The number of aliphatic hydroxyl groups excluding tert-OH is 1. The number of benzene rings is 2. The van der Waals surface area contributed by atoms with Gasteiger partial charge in [-0.15, -0.1) is 0 Å². The first kappa shape index (κ1) is 17.8. The minimum atomic E-state index is -0.309. The van der Waals surface area contributed by atoms with Crippen LogP contribution in [0.3, 0.4) is 0 Å². The summed E-state index contributed by atoms with van der Waals surface area (Å²) < 4.78 is 0. The molecule has 2 aromatic rings. The molecule has 6 heteroatoms. The molecule has 2 N–H and O–H groups in total. The summed E-state index contributed by atoms with van der Waals surface area (Å²) in [6, 6.07) is 11.5. The Balaban J connectivity index is 2.40. The SMILES string of the molecule is O=C(/C=C/c1cc[c]c(Cl)c1-c1ccc(Cl)cc1Cl)NCCO. The summed E-state index contributed by atoms with van der Waals surface area (Å²) in [6.07, 6.45) is 3.00. The smallest absolute Gasteiger partial charge is 0.244 e. The van der Waals surface area contributed by atoms with Crippen molar-refractivity contribution in [3.63, 3.8) is 0 Å². The fourth-order valence-corrected chi connectivity index (χ4v) is 2.77. The molecule has 2 aromatic carbocycles. The van der Waals surface area contributed by atoms with Crippen molar-refractivity contribution >= 4 is 46.8 Å². The predicted octanol–water partition coefficient (Wildman–Crippen LogP) is 4.24. The normalized spacial score (nSPS) is 11.0. The van der Waals surface area contributed by atoms with Crippen LogP contribution >= 0.6 is 34.8 Å². The maximum atomic E-state index is 11.6. The van der Waals surface area contributed by atoms with E-state index < -0.39 is 0 Å². The van der Waals surface area contributed by atoms with Crippen LogP contribution in [0, 0.1) is 6.07 Å². The van der Waals surface area contributed by atoms with Crippen molar-refractivity contribution in [2.75, 3.05) is 13.2 Å². The van der Waals surface area contributed by atoms with Crippen molar-refractivity contribution in [1.29, 1.82) is 0 Å². The number of amides is 1. The lowest BCUT2D eigenvalue weighted by Gasteiger charge is -2.11. The molecule has 2 rings (SSSR count). The van der Waals surface area contributed by atoms with Crippen LogP contribution in [0.2, 0.25) is 15.1 Å². The fourth-order valence-electron chi connectivity index (χ4n) is 2.00. The molecule has 0 heterocycles. The Morgan fingerprint density at radius 3 is 2.74 bits per heavy atom. The van der Waals surface area contributed by atoms with Gasteiger partial charge in [-0.1, -0.05) is 53.0 Å². The molecular formula is C17H13Cl3NO2. The van der Waals surface area contributed by atoms with Gasteiger partial charge in [-0.25, -0.2) is 0 Å². The Hall–Kier alpha value is -1.52. The lowest BCUT2D eigenvalue weighted by Crippen LogP contribution is -2.24. The van der Waals surface area contributed by atoms with Crippen molar-refractivity contribution in [3.8, 4) is 11.1 Å². The Morgan fingerprint density at radius 2 is 2.04 bits per heavy atom. The maximum Gasteiger partial charge on any atom is 0.244 e. The van der Waals surface area contributed by atoms with Gasteiger partial charge in [0, 0.05) is 39.9 Å².